The van der Waals surface area contributed by atoms with Gasteiger partial charge in [-0.15, -0.1) is 0 Å². The first-order valence-corrected chi connectivity index (χ1v) is 7.26. The summed E-state index contributed by atoms with van der Waals surface area (Å²) in [4.78, 5) is 2.43. The van der Waals surface area contributed by atoms with Gasteiger partial charge in [0, 0.05) is 25.2 Å². The number of piperidine rings is 1. The fraction of sp³-hybridized carbons (Fsp3) is 0.625. The molecule has 18 heavy (non-hydrogen) atoms. The van der Waals surface area contributed by atoms with Gasteiger partial charge in [0.25, 0.3) is 0 Å². The van der Waals surface area contributed by atoms with Gasteiger partial charge in [-0.25, -0.2) is 0 Å². The number of fused-ring (bicyclic) bond motifs is 1. The summed E-state index contributed by atoms with van der Waals surface area (Å²) in [6, 6.07) is 6.93. The molecule has 0 saturated carbocycles. The first-order chi connectivity index (χ1) is 8.74. The van der Waals surface area contributed by atoms with Crippen LogP contribution in [0.2, 0.25) is 0 Å². The van der Waals surface area contributed by atoms with E-state index >= 15 is 0 Å². The molecule has 0 aromatic heterocycles. The normalized spacial score (nSPS) is 27.3. The van der Waals surface area contributed by atoms with Crippen molar-refractivity contribution in [2.24, 2.45) is 5.92 Å². The zero-order chi connectivity index (χ0) is 12.5. The molecule has 2 heterocycles. The standard InChI is InChI=1S/C16H24N2/c1-12-5-6-16-15(8-12)14(11-18(16)2)9-13-4-3-7-17-10-13/h5-6,8,13-14,17H,3-4,7,9-11H2,1-2H3. The summed E-state index contributed by atoms with van der Waals surface area (Å²) in [6.07, 6.45) is 4.12. The molecule has 1 aromatic carbocycles. The Kier molecular flexibility index (Phi) is 3.29. The Bertz CT molecular complexity index is 421. The molecule has 0 radical (unpaired) electrons. The highest BCUT2D eigenvalue weighted by Gasteiger charge is 2.28. The highest BCUT2D eigenvalue weighted by molar-refractivity contribution is 5.60. The Labute approximate surface area is 110 Å². The first kappa shape index (κ1) is 12.0. The quantitative estimate of drug-likeness (QED) is 0.860. The van der Waals surface area contributed by atoms with E-state index in [1.54, 1.807) is 5.56 Å². The predicted octanol–water partition coefficient (Wildman–Crippen LogP) is 2.92. The Hall–Kier alpha value is -1.02. The lowest BCUT2D eigenvalue weighted by atomic mass is 9.86. The summed E-state index contributed by atoms with van der Waals surface area (Å²) in [5, 5.41) is 3.54. The average molecular weight is 244 g/mol. The van der Waals surface area contributed by atoms with Crippen LogP contribution in [-0.4, -0.2) is 26.7 Å². The molecule has 2 unspecified atom stereocenters. The summed E-state index contributed by atoms with van der Waals surface area (Å²) in [5.74, 6) is 1.62. The van der Waals surface area contributed by atoms with Gasteiger partial charge >= 0.3 is 0 Å². The summed E-state index contributed by atoms with van der Waals surface area (Å²) >= 11 is 0. The fourth-order valence-corrected chi connectivity index (χ4v) is 3.60. The van der Waals surface area contributed by atoms with Crippen molar-refractivity contribution in [3.8, 4) is 0 Å². The van der Waals surface area contributed by atoms with Crippen LogP contribution in [0.1, 0.15) is 36.3 Å². The van der Waals surface area contributed by atoms with Crippen LogP contribution in [0.3, 0.4) is 0 Å². The summed E-state index contributed by atoms with van der Waals surface area (Å²) in [5.41, 5.74) is 4.44. The van der Waals surface area contributed by atoms with Crippen LogP contribution in [0.4, 0.5) is 5.69 Å². The number of nitrogens with zero attached hydrogens (tertiary/aromatic N) is 1. The first-order valence-electron chi connectivity index (χ1n) is 7.26. The lowest BCUT2D eigenvalue weighted by molar-refractivity contribution is 0.339. The SMILES string of the molecule is Cc1ccc2c(c1)C(CC1CCCNC1)CN2C. The number of hydrogen-bond donors (Lipinski definition) is 1. The predicted molar refractivity (Wildman–Crippen MR) is 77.4 cm³/mol. The van der Waals surface area contributed by atoms with Gasteiger partial charge < -0.3 is 10.2 Å². The molecule has 0 bridgehead atoms. The molecule has 1 aromatic rings. The van der Waals surface area contributed by atoms with E-state index in [1.807, 2.05) is 0 Å². The van der Waals surface area contributed by atoms with E-state index in [2.05, 4.69) is 42.4 Å². The third-order valence-electron chi connectivity index (χ3n) is 4.55. The van der Waals surface area contributed by atoms with Gasteiger partial charge in [0.2, 0.25) is 0 Å². The van der Waals surface area contributed by atoms with E-state index in [0.717, 1.165) is 11.8 Å². The van der Waals surface area contributed by atoms with Crippen molar-refractivity contribution >= 4 is 5.69 Å². The van der Waals surface area contributed by atoms with Gasteiger partial charge in [0.05, 0.1) is 0 Å². The molecule has 2 atom stereocenters. The second-order valence-corrected chi connectivity index (χ2v) is 6.09. The molecule has 1 saturated heterocycles. The third kappa shape index (κ3) is 2.26. The van der Waals surface area contributed by atoms with E-state index in [1.165, 1.54) is 50.1 Å². The Balaban J connectivity index is 1.76. The van der Waals surface area contributed by atoms with Gasteiger partial charge in [-0.1, -0.05) is 17.7 Å². The molecule has 1 fully saturated rings. The minimum atomic E-state index is 0.745. The molecule has 2 aliphatic rings. The third-order valence-corrected chi connectivity index (χ3v) is 4.55. The maximum atomic E-state index is 3.54. The molecule has 1 N–H and O–H groups in total. The van der Waals surface area contributed by atoms with E-state index in [9.17, 15) is 0 Å². The maximum Gasteiger partial charge on any atom is 0.0400 e. The monoisotopic (exact) mass is 244 g/mol. The van der Waals surface area contributed by atoms with Crippen LogP contribution < -0.4 is 10.2 Å². The van der Waals surface area contributed by atoms with Crippen molar-refractivity contribution < 1.29 is 0 Å². The highest BCUT2D eigenvalue weighted by atomic mass is 15.1. The zero-order valence-electron chi connectivity index (χ0n) is 11.6. The van der Waals surface area contributed by atoms with Crippen LogP contribution in [0.15, 0.2) is 18.2 Å². The van der Waals surface area contributed by atoms with Crippen molar-refractivity contribution in [1.29, 1.82) is 0 Å². The van der Waals surface area contributed by atoms with E-state index in [-0.39, 0.29) is 0 Å². The molecule has 0 aliphatic carbocycles. The molecule has 0 spiro atoms. The van der Waals surface area contributed by atoms with Gasteiger partial charge in [0.1, 0.15) is 0 Å². The second-order valence-electron chi connectivity index (χ2n) is 6.09. The zero-order valence-corrected chi connectivity index (χ0v) is 11.6. The minimum absolute atomic E-state index is 0.745. The Morgan fingerprint density at radius 3 is 3.06 bits per heavy atom. The molecular weight excluding hydrogens is 220 g/mol. The van der Waals surface area contributed by atoms with Gasteiger partial charge in [-0.3, -0.25) is 0 Å². The number of likely N-dealkylation sites (N-methyl/N-ethyl adjacent to an activating group) is 1. The van der Waals surface area contributed by atoms with Crippen LogP contribution in [-0.2, 0) is 0 Å². The summed E-state index contributed by atoms with van der Waals surface area (Å²) < 4.78 is 0. The number of benzene rings is 1. The fourth-order valence-electron chi connectivity index (χ4n) is 3.60. The number of anilines is 1. The minimum Gasteiger partial charge on any atom is -0.374 e. The highest BCUT2D eigenvalue weighted by Crippen LogP contribution is 2.40. The van der Waals surface area contributed by atoms with Crippen LogP contribution in [0.25, 0.3) is 0 Å². The maximum absolute atomic E-state index is 3.54. The number of hydrogen-bond acceptors (Lipinski definition) is 2. The van der Waals surface area contributed by atoms with Crippen molar-refractivity contribution in [2.75, 3.05) is 31.6 Å². The van der Waals surface area contributed by atoms with Gasteiger partial charge in [0.15, 0.2) is 0 Å². The molecule has 0 amide bonds. The van der Waals surface area contributed by atoms with Crippen LogP contribution >= 0.6 is 0 Å². The number of rotatable bonds is 2. The average Bonchev–Trinajstić information content (AvgIpc) is 2.67. The molecule has 2 heteroatoms. The Morgan fingerprint density at radius 1 is 1.39 bits per heavy atom. The summed E-state index contributed by atoms with van der Waals surface area (Å²) in [7, 11) is 2.23. The van der Waals surface area contributed by atoms with Crippen molar-refractivity contribution in [3.63, 3.8) is 0 Å². The molecule has 2 nitrogen and oxygen atoms in total. The topological polar surface area (TPSA) is 15.3 Å². The van der Waals surface area contributed by atoms with E-state index < -0.39 is 0 Å². The lowest BCUT2D eigenvalue weighted by Gasteiger charge is -2.25. The van der Waals surface area contributed by atoms with Crippen molar-refractivity contribution in [1.82, 2.24) is 5.32 Å². The molecule has 3 rings (SSSR count). The smallest absolute Gasteiger partial charge is 0.0400 e. The lowest BCUT2D eigenvalue weighted by Crippen LogP contribution is -2.31. The largest absolute Gasteiger partial charge is 0.374 e. The molecule has 2 aliphatic heterocycles. The van der Waals surface area contributed by atoms with Crippen LogP contribution in [0.5, 0.6) is 0 Å². The van der Waals surface area contributed by atoms with Crippen molar-refractivity contribution in [2.45, 2.75) is 32.1 Å². The molecule has 98 valence electrons. The van der Waals surface area contributed by atoms with E-state index in [0.29, 0.717) is 0 Å². The Morgan fingerprint density at radius 2 is 2.28 bits per heavy atom. The number of aryl methyl sites for hydroxylation is 1. The summed E-state index contributed by atoms with van der Waals surface area (Å²) in [6.45, 7) is 5.85. The van der Waals surface area contributed by atoms with Crippen LogP contribution in [0, 0.1) is 12.8 Å². The van der Waals surface area contributed by atoms with Crippen molar-refractivity contribution in [3.05, 3.63) is 29.3 Å². The molecular formula is C16H24N2. The number of nitrogens with one attached hydrogen (secondary N) is 1. The van der Waals surface area contributed by atoms with Gasteiger partial charge in [-0.05, 0) is 56.8 Å². The van der Waals surface area contributed by atoms with Gasteiger partial charge in [-0.2, -0.15) is 0 Å². The second kappa shape index (κ2) is 4.93. The van der Waals surface area contributed by atoms with E-state index in [4.69, 9.17) is 0 Å².